The van der Waals surface area contributed by atoms with Crippen molar-refractivity contribution < 1.29 is 9.13 Å². The average Bonchev–Trinajstić information content (AvgIpc) is 2.87. The van der Waals surface area contributed by atoms with Crippen LogP contribution < -0.4 is 20.3 Å². The van der Waals surface area contributed by atoms with E-state index in [1.165, 1.54) is 0 Å². The monoisotopic (exact) mass is 445 g/mol. The summed E-state index contributed by atoms with van der Waals surface area (Å²) in [6.07, 6.45) is 5.62. The molecular weight excluding hydrogens is 417 g/mol. The third-order valence-corrected chi connectivity index (χ3v) is 6.32. The first-order chi connectivity index (χ1) is 16.2. The third-order valence-electron chi connectivity index (χ3n) is 6.32. The molecule has 0 radical (unpaired) electrons. The van der Waals surface area contributed by atoms with Gasteiger partial charge in [0.1, 0.15) is 11.6 Å². The van der Waals surface area contributed by atoms with Crippen molar-refractivity contribution >= 4 is 33.2 Å². The van der Waals surface area contributed by atoms with Crippen LogP contribution in [0.4, 0.5) is 15.8 Å². The van der Waals surface area contributed by atoms with Gasteiger partial charge in [0.05, 0.1) is 29.5 Å². The Balaban J connectivity index is 1.15. The maximum absolute atomic E-state index is 14.1. The van der Waals surface area contributed by atoms with E-state index in [9.17, 15) is 4.39 Å². The van der Waals surface area contributed by atoms with Gasteiger partial charge in [0, 0.05) is 61.5 Å². The first-order valence-electron chi connectivity index (χ1n) is 11.4. The summed E-state index contributed by atoms with van der Waals surface area (Å²) in [5.74, 6) is 0.603. The van der Waals surface area contributed by atoms with Gasteiger partial charge in [-0.15, -0.1) is 0 Å². The zero-order chi connectivity index (χ0) is 22.6. The standard InChI is InChI=1S/C26H28FN5O/c1-33-20-16-18-4-2-10-30-25(18)23(17-20)29-13-12-28-19-8-14-32(15-9-19)24-7-6-22(27)21-5-3-11-31-26(21)24/h2-7,10-11,16-17,19,28-29H,8-9,12-15H2,1H3. The number of benzene rings is 2. The van der Waals surface area contributed by atoms with Gasteiger partial charge in [-0.25, -0.2) is 4.39 Å². The van der Waals surface area contributed by atoms with Crippen LogP contribution >= 0.6 is 0 Å². The molecule has 0 amide bonds. The van der Waals surface area contributed by atoms with E-state index in [-0.39, 0.29) is 5.82 Å². The van der Waals surface area contributed by atoms with Gasteiger partial charge in [-0.3, -0.25) is 9.97 Å². The minimum absolute atomic E-state index is 0.218. The number of fused-ring (bicyclic) bond motifs is 2. The summed E-state index contributed by atoms with van der Waals surface area (Å²) in [4.78, 5) is 11.3. The zero-order valence-electron chi connectivity index (χ0n) is 18.7. The number of nitrogens with zero attached hydrogens (tertiary/aromatic N) is 3. The predicted molar refractivity (Wildman–Crippen MR) is 132 cm³/mol. The highest BCUT2D eigenvalue weighted by Crippen LogP contribution is 2.29. The lowest BCUT2D eigenvalue weighted by atomic mass is 10.0. The number of halogens is 1. The largest absolute Gasteiger partial charge is 0.497 e. The second-order valence-corrected chi connectivity index (χ2v) is 8.36. The average molecular weight is 446 g/mol. The van der Waals surface area contributed by atoms with Gasteiger partial charge in [-0.05, 0) is 49.2 Å². The van der Waals surface area contributed by atoms with Crippen molar-refractivity contribution in [3.05, 3.63) is 66.7 Å². The number of ether oxygens (including phenoxy) is 1. The maximum atomic E-state index is 14.1. The topological polar surface area (TPSA) is 62.3 Å². The molecule has 0 spiro atoms. The van der Waals surface area contributed by atoms with Crippen molar-refractivity contribution in [2.45, 2.75) is 18.9 Å². The van der Waals surface area contributed by atoms with Crippen molar-refractivity contribution in [1.82, 2.24) is 15.3 Å². The molecule has 1 fully saturated rings. The second kappa shape index (κ2) is 9.58. The number of piperidine rings is 1. The van der Waals surface area contributed by atoms with E-state index < -0.39 is 0 Å². The van der Waals surface area contributed by atoms with Gasteiger partial charge in [0.2, 0.25) is 0 Å². The number of pyridine rings is 2. The number of methoxy groups -OCH3 is 1. The highest BCUT2D eigenvalue weighted by molar-refractivity contribution is 5.92. The molecule has 1 saturated heterocycles. The second-order valence-electron chi connectivity index (χ2n) is 8.36. The Kier molecular flexibility index (Phi) is 6.21. The summed E-state index contributed by atoms with van der Waals surface area (Å²) in [6, 6.07) is 15.4. The van der Waals surface area contributed by atoms with E-state index in [1.807, 2.05) is 36.5 Å². The minimum atomic E-state index is -0.218. The number of nitrogens with one attached hydrogen (secondary N) is 2. The normalized spacial score (nSPS) is 14.7. The molecule has 0 unspecified atom stereocenters. The summed E-state index contributed by atoms with van der Waals surface area (Å²) in [5, 5.41) is 8.82. The van der Waals surface area contributed by atoms with E-state index in [0.717, 1.165) is 72.6 Å². The van der Waals surface area contributed by atoms with Crippen LogP contribution in [0.1, 0.15) is 12.8 Å². The predicted octanol–water partition coefficient (Wildman–Crippen LogP) is 4.60. The summed E-state index contributed by atoms with van der Waals surface area (Å²) in [7, 11) is 1.68. The van der Waals surface area contributed by atoms with E-state index in [0.29, 0.717) is 11.4 Å². The fourth-order valence-corrected chi connectivity index (χ4v) is 4.59. The number of aromatic nitrogens is 2. The fraction of sp³-hybridized carbons (Fsp3) is 0.308. The molecule has 5 rings (SSSR count). The lowest BCUT2D eigenvalue weighted by molar-refractivity contribution is 0.415. The molecule has 33 heavy (non-hydrogen) atoms. The molecule has 4 aromatic rings. The first-order valence-corrected chi connectivity index (χ1v) is 11.4. The van der Waals surface area contributed by atoms with Gasteiger partial charge in [0.25, 0.3) is 0 Å². The zero-order valence-corrected chi connectivity index (χ0v) is 18.7. The molecule has 6 nitrogen and oxygen atoms in total. The smallest absolute Gasteiger partial charge is 0.132 e. The minimum Gasteiger partial charge on any atom is -0.497 e. The van der Waals surface area contributed by atoms with Crippen molar-refractivity contribution in [3.8, 4) is 5.75 Å². The van der Waals surface area contributed by atoms with Crippen LogP contribution in [-0.2, 0) is 0 Å². The first kappa shape index (κ1) is 21.4. The fourth-order valence-electron chi connectivity index (χ4n) is 4.59. The van der Waals surface area contributed by atoms with E-state index in [4.69, 9.17) is 4.74 Å². The molecule has 0 saturated carbocycles. The molecule has 0 aliphatic carbocycles. The van der Waals surface area contributed by atoms with Crippen LogP contribution in [0.5, 0.6) is 5.75 Å². The van der Waals surface area contributed by atoms with Crippen LogP contribution in [0.2, 0.25) is 0 Å². The number of rotatable bonds is 7. The molecule has 1 aliphatic rings. The Bertz CT molecular complexity index is 1260. The number of anilines is 2. The Morgan fingerprint density at radius 3 is 2.61 bits per heavy atom. The third kappa shape index (κ3) is 4.54. The molecule has 7 heteroatoms. The summed E-state index contributed by atoms with van der Waals surface area (Å²) in [5.41, 5.74) is 3.70. The lowest BCUT2D eigenvalue weighted by Gasteiger charge is -2.34. The summed E-state index contributed by atoms with van der Waals surface area (Å²) >= 11 is 0. The molecule has 0 bridgehead atoms. The highest BCUT2D eigenvalue weighted by atomic mass is 19.1. The van der Waals surface area contributed by atoms with Crippen molar-refractivity contribution in [2.24, 2.45) is 0 Å². The Morgan fingerprint density at radius 1 is 1.00 bits per heavy atom. The Morgan fingerprint density at radius 2 is 1.79 bits per heavy atom. The van der Waals surface area contributed by atoms with Crippen molar-refractivity contribution in [2.75, 3.05) is 43.5 Å². The SMILES string of the molecule is COc1cc(NCCNC2CCN(c3ccc(F)c4cccnc34)CC2)c2ncccc2c1. The van der Waals surface area contributed by atoms with Gasteiger partial charge >= 0.3 is 0 Å². The molecule has 3 heterocycles. The number of hydrogen-bond acceptors (Lipinski definition) is 6. The van der Waals surface area contributed by atoms with Crippen molar-refractivity contribution in [1.29, 1.82) is 0 Å². The van der Waals surface area contributed by atoms with E-state index in [2.05, 4.69) is 25.5 Å². The van der Waals surface area contributed by atoms with Crippen LogP contribution in [0.3, 0.4) is 0 Å². The molecule has 2 aromatic heterocycles. The van der Waals surface area contributed by atoms with Crippen LogP contribution in [0.25, 0.3) is 21.8 Å². The molecule has 2 N–H and O–H groups in total. The van der Waals surface area contributed by atoms with Crippen LogP contribution in [0.15, 0.2) is 60.9 Å². The van der Waals surface area contributed by atoms with Gasteiger partial charge in [-0.2, -0.15) is 0 Å². The molecule has 0 atom stereocenters. The van der Waals surface area contributed by atoms with Gasteiger partial charge < -0.3 is 20.3 Å². The van der Waals surface area contributed by atoms with Gasteiger partial charge in [-0.1, -0.05) is 6.07 Å². The quantitative estimate of drug-likeness (QED) is 0.406. The molecule has 2 aromatic carbocycles. The molecular formula is C26H28FN5O. The Labute approximate surface area is 192 Å². The highest BCUT2D eigenvalue weighted by Gasteiger charge is 2.21. The van der Waals surface area contributed by atoms with Crippen molar-refractivity contribution in [3.63, 3.8) is 0 Å². The van der Waals surface area contributed by atoms with Crippen LogP contribution in [-0.4, -0.2) is 49.3 Å². The summed E-state index contributed by atoms with van der Waals surface area (Å²) < 4.78 is 19.6. The molecule has 1 aliphatic heterocycles. The lowest BCUT2D eigenvalue weighted by Crippen LogP contribution is -2.43. The van der Waals surface area contributed by atoms with Gasteiger partial charge in [0.15, 0.2) is 0 Å². The van der Waals surface area contributed by atoms with Crippen LogP contribution in [0, 0.1) is 5.82 Å². The molecule has 170 valence electrons. The summed E-state index contributed by atoms with van der Waals surface area (Å²) in [6.45, 7) is 3.50. The van der Waals surface area contributed by atoms with E-state index >= 15 is 0 Å². The Hall–Kier alpha value is -3.45. The number of hydrogen-bond donors (Lipinski definition) is 2. The maximum Gasteiger partial charge on any atom is 0.132 e. The van der Waals surface area contributed by atoms with E-state index in [1.54, 1.807) is 31.5 Å².